The minimum atomic E-state index is 0.0222. The Labute approximate surface area is 120 Å². The molecule has 4 nitrogen and oxygen atoms in total. The number of unbranched alkanes of at least 4 members (excludes halogenated alkanes) is 2. The Hall–Kier alpha value is -0.970. The fraction of sp³-hybridized carbons (Fsp3) is 0.714. The lowest BCUT2D eigenvalue weighted by Crippen LogP contribution is -2.32. The summed E-state index contributed by atoms with van der Waals surface area (Å²) in [7, 11) is 0. The molecule has 2 heterocycles. The fourth-order valence-corrected chi connectivity index (χ4v) is 2.69. The van der Waals surface area contributed by atoms with E-state index in [0.717, 1.165) is 43.8 Å². The normalized spacial score (nSPS) is 15.7. The minimum absolute atomic E-state index is 0.0222. The number of rotatable bonds is 6. The van der Waals surface area contributed by atoms with E-state index in [4.69, 9.17) is 0 Å². The van der Waals surface area contributed by atoms with E-state index in [-0.39, 0.29) is 5.56 Å². The molecule has 0 atom stereocenters. The van der Waals surface area contributed by atoms with E-state index in [1.807, 2.05) is 6.20 Å². The Bertz CT molecular complexity index is 441. The van der Waals surface area contributed by atoms with Crippen molar-refractivity contribution in [3.05, 3.63) is 22.6 Å². The summed E-state index contributed by atoms with van der Waals surface area (Å²) in [5.74, 6) is 0.913. The summed E-state index contributed by atoms with van der Waals surface area (Å²) in [6, 6.07) is 1.73. The second-order valence-corrected chi connectivity index (χ2v) is 5.55. The zero-order chi connectivity index (χ0) is 13.5. The van der Waals surface area contributed by atoms with Crippen molar-refractivity contribution < 1.29 is 0 Å². The molecule has 2 rings (SSSR count). The average Bonchev–Trinajstić information content (AvgIpc) is 2.46. The van der Waals surface area contributed by atoms with Crippen molar-refractivity contribution in [2.24, 2.45) is 0 Å². The SMILES string of the molecule is O=c1cc(N2CCCCC2)cnn1CCCCCS. The highest BCUT2D eigenvalue weighted by Crippen LogP contribution is 2.16. The molecule has 0 radical (unpaired) electrons. The van der Waals surface area contributed by atoms with Gasteiger partial charge in [-0.2, -0.15) is 17.7 Å². The van der Waals surface area contributed by atoms with Crippen LogP contribution >= 0.6 is 12.6 Å². The largest absolute Gasteiger partial charge is 0.370 e. The van der Waals surface area contributed by atoms with Gasteiger partial charge in [0.15, 0.2) is 0 Å². The number of aryl methyl sites for hydroxylation is 1. The maximum Gasteiger partial charge on any atom is 0.268 e. The molecule has 1 aliphatic rings. The molecule has 0 amide bonds. The monoisotopic (exact) mass is 281 g/mol. The third kappa shape index (κ3) is 4.27. The highest BCUT2D eigenvalue weighted by molar-refractivity contribution is 7.80. The number of nitrogens with zero attached hydrogens (tertiary/aromatic N) is 3. The second kappa shape index (κ2) is 7.58. The van der Waals surface area contributed by atoms with Gasteiger partial charge in [-0.05, 0) is 37.9 Å². The molecule has 1 aromatic rings. The standard InChI is InChI=1S/C14H23N3OS/c18-14-11-13(16-7-3-1-4-8-16)12-15-17(14)9-5-2-6-10-19/h11-12,19H,1-10H2. The molecule has 0 unspecified atom stereocenters. The summed E-state index contributed by atoms with van der Waals surface area (Å²) >= 11 is 4.18. The fourth-order valence-electron chi connectivity index (χ4n) is 2.47. The van der Waals surface area contributed by atoms with E-state index in [2.05, 4.69) is 22.6 Å². The van der Waals surface area contributed by atoms with E-state index >= 15 is 0 Å². The first-order valence-electron chi connectivity index (χ1n) is 7.24. The predicted octanol–water partition coefficient (Wildman–Crippen LogP) is 2.33. The number of hydrogen-bond acceptors (Lipinski definition) is 4. The molecule has 19 heavy (non-hydrogen) atoms. The smallest absolute Gasteiger partial charge is 0.268 e. The van der Waals surface area contributed by atoms with Crippen molar-refractivity contribution in [3.8, 4) is 0 Å². The van der Waals surface area contributed by atoms with Crippen LogP contribution in [-0.2, 0) is 6.54 Å². The van der Waals surface area contributed by atoms with Crippen LogP contribution in [0.15, 0.2) is 17.1 Å². The van der Waals surface area contributed by atoms with Crippen LogP contribution in [0.2, 0.25) is 0 Å². The molecule has 0 aromatic carbocycles. The Kier molecular flexibility index (Phi) is 5.76. The van der Waals surface area contributed by atoms with Gasteiger partial charge in [-0.3, -0.25) is 4.79 Å². The Balaban J connectivity index is 1.94. The van der Waals surface area contributed by atoms with Crippen LogP contribution in [0.5, 0.6) is 0 Å². The third-order valence-corrected chi connectivity index (χ3v) is 3.92. The van der Waals surface area contributed by atoms with Crippen LogP contribution in [0, 0.1) is 0 Å². The highest BCUT2D eigenvalue weighted by Gasteiger charge is 2.12. The molecular weight excluding hydrogens is 258 g/mol. The van der Waals surface area contributed by atoms with Gasteiger partial charge in [-0.25, -0.2) is 4.68 Å². The van der Waals surface area contributed by atoms with Gasteiger partial charge < -0.3 is 4.90 Å². The van der Waals surface area contributed by atoms with E-state index in [9.17, 15) is 4.79 Å². The summed E-state index contributed by atoms with van der Waals surface area (Å²) < 4.78 is 1.58. The molecule has 1 aromatic heterocycles. The van der Waals surface area contributed by atoms with E-state index < -0.39 is 0 Å². The quantitative estimate of drug-likeness (QED) is 0.642. The number of aromatic nitrogens is 2. The summed E-state index contributed by atoms with van der Waals surface area (Å²) in [6.45, 7) is 2.81. The second-order valence-electron chi connectivity index (χ2n) is 5.11. The Morgan fingerprint density at radius 3 is 2.63 bits per heavy atom. The van der Waals surface area contributed by atoms with Crippen LogP contribution in [0.3, 0.4) is 0 Å². The van der Waals surface area contributed by atoms with Crippen LogP contribution < -0.4 is 10.5 Å². The van der Waals surface area contributed by atoms with Gasteiger partial charge in [0.1, 0.15) is 0 Å². The first kappa shape index (κ1) is 14.4. The molecule has 5 heteroatoms. The zero-order valence-corrected chi connectivity index (χ0v) is 12.3. The van der Waals surface area contributed by atoms with Crippen molar-refractivity contribution in [1.82, 2.24) is 9.78 Å². The van der Waals surface area contributed by atoms with Crippen LogP contribution in [0.25, 0.3) is 0 Å². The molecule has 106 valence electrons. The summed E-state index contributed by atoms with van der Waals surface area (Å²) in [5, 5.41) is 4.29. The highest BCUT2D eigenvalue weighted by atomic mass is 32.1. The lowest BCUT2D eigenvalue weighted by Gasteiger charge is -2.28. The summed E-state index contributed by atoms with van der Waals surface area (Å²) in [4.78, 5) is 14.3. The summed E-state index contributed by atoms with van der Waals surface area (Å²) in [6.07, 6.45) is 8.77. The van der Waals surface area contributed by atoms with E-state index in [1.54, 1.807) is 10.7 Å². The molecule has 1 aliphatic heterocycles. The Morgan fingerprint density at radius 2 is 1.95 bits per heavy atom. The van der Waals surface area contributed by atoms with E-state index in [1.165, 1.54) is 19.3 Å². The average molecular weight is 281 g/mol. The molecule has 0 aliphatic carbocycles. The van der Waals surface area contributed by atoms with Crippen LogP contribution in [-0.4, -0.2) is 28.6 Å². The van der Waals surface area contributed by atoms with Crippen molar-refractivity contribution >= 4 is 18.3 Å². The predicted molar refractivity (Wildman–Crippen MR) is 82.3 cm³/mol. The maximum absolute atomic E-state index is 12.0. The molecular formula is C14H23N3OS. The van der Waals surface area contributed by atoms with Gasteiger partial charge in [0.2, 0.25) is 0 Å². The third-order valence-electron chi connectivity index (χ3n) is 3.60. The first-order valence-corrected chi connectivity index (χ1v) is 7.87. The van der Waals surface area contributed by atoms with Gasteiger partial charge in [0.05, 0.1) is 11.9 Å². The first-order chi connectivity index (χ1) is 9.31. The Morgan fingerprint density at radius 1 is 1.16 bits per heavy atom. The van der Waals surface area contributed by atoms with Crippen LogP contribution in [0.1, 0.15) is 38.5 Å². The number of hydrogen-bond donors (Lipinski definition) is 1. The van der Waals surface area contributed by atoms with Gasteiger partial charge >= 0.3 is 0 Å². The van der Waals surface area contributed by atoms with Crippen LogP contribution in [0.4, 0.5) is 5.69 Å². The van der Waals surface area contributed by atoms with Gasteiger partial charge in [-0.1, -0.05) is 6.42 Å². The maximum atomic E-state index is 12.0. The van der Waals surface area contributed by atoms with Gasteiger partial charge in [0.25, 0.3) is 5.56 Å². The summed E-state index contributed by atoms with van der Waals surface area (Å²) in [5.41, 5.74) is 1.00. The topological polar surface area (TPSA) is 38.1 Å². The van der Waals surface area contributed by atoms with Gasteiger partial charge in [-0.15, -0.1) is 0 Å². The van der Waals surface area contributed by atoms with Crippen molar-refractivity contribution in [3.63, 3.8) is 0 Å². The molecule has 0 saturated carbocycles. The molecule has 1 saturated heterocycles. The molecule has 0 bridgehead atoms. The number of piperidine rings is 1. The number of thiol groups is 1. The molecule has 0 spiro atoms. The lowest BCUT2D eigenvalue weighted by molar-refractivity contribution is 0.525. The zero-order valence-electron chi connectivity index (χ0n) is 11.4. The van der Waals surface area contributed by atoms with Crippen molar-refractivity contribution in [2.75, 3.05) is 23.7 Å². The number of anilines is 1. The lowest BCUT2D eigenvalue weighted by atomic mass is 10.1. The minimum Gasteiger partial charge on any atom is -0.370 e. The molecule has 0 N–H and O–H groups in total. The molecule has 1 fully saturated rings. The van der Waals surface area contributed by atoms with Gasteiger partial charge in [0, 0.05) is 25.7 Å². The van der Waals surface area contributed by atoms with Crippen molar-refractivity contribution in [1.29, 1.82) is 0 Å². The van der Waals surface area contributed by atoms with Crippen molar-refractivity contribution in [2.45, 2.75) is 45.1 Å². The van der Waals surface area contributed by atoms with E-state index in [0.29, 0.717) is 6.54 Å².